The molecule has 7 nitrogen and oxygen atoms in total. The van der Waals surface area contributed by atoms with Crippen LogP contribution in [0.1, 0.15) is 34.1 Å². The van der Waals surface area contributed by atoms with Gasteiger partial charge in [-0.2, -0.15) is 5.10 Å². The van der Waals surface area contributed by atoms with Crippen molar-refractivity contribution in [1.29, 1.82) is 0 Å². The summed E-state index contributed by atoms with van der Waals surface area (Å²) in [6, 6.07) is 20.7. The van der Waals surface area contributed by atoms with E-state index in [9.17, 15) is 14.0 Å². The van der Waals surface area contributed by atoms with Gasteiger partial charge in [-0.1, -0.05) is 42.5 Å². The number of carbonyl (C=O) groups excluding carboxylic acids is 2. The molecule has 0 aliphatic carbocycles. The fourth-order valence-electron chi connectivity index (χ4n) is 3.72. The normalized spacial score (nSPS) is 11.7. The largest absolute Gasteiger partial charge is 0.497 e. The number of aromatic nitrogens is 2. The van der Waals surface area contributed by atoms with E-state index in [0.29, 0.717) is 17.9 Å². The first-order valence-electron chi connectivity index (χ1n) is 10.9. The van der Waals surface area contributed by atoms with Gasteiger partial charge in [0.2, 0.25) is 5.91 Å². The van der Waals surface area contributed by atoms with Gasteiger partial charge in [-0.25, -0.2) is 4.39 Å². The first kappa shape index (κ1) is 23.0. The van der Waals surface area contributed by atoms with Crippen LogP contribution in [0, 0.1) is 5.82 Å². The number of amides is 2. The van der Waals surface area contributed by atoms with Crippen molar-refractivity contribution < 1.29 is 18.7 Å². The van der Waals surface area contributed by atoms with Gasteiger partial charge in [-0.3, -0.25) is 14.7 Å². The summed E-state index contributed by atoms with van der Waals surface area (Å²) < 4.78 is 18.5. The lowest BCUT2D eigenvalue weighted by Gasteiger charge is -2.20. The lowest BCUT2D eigenvalue weighted by atomic mass is 9.98. The summed E-state index contributed by atoms with van der Waals surface area (Å²) >= 11 is 0. The average molecular weight is 461 g/mol. The van der Waals surface area contributed by atoms with Crippen molar-refractivity contribution in [3.63, 3.8) is 0 Å². The number of methoxy groups -OCH3 is 1. The van der Waals surface area contributed by atoms with Crippen molar-refractivity contribution in [3.8, 4) is 5.75 Å². The molecule has 0 aliphatic rings. The molecule has 0 bridgehead atoms. The maximum absolute atomic E-state index is 13.3. The van der Waals surface area contributed by atoms with Gasteiger partial charge in [0.25, 0.3) is 5.91 Å². The Morgan fingerprint density at radius 2 is 1.76 bits per heavy atom. The minimum atomic E-state index is -0.344. The third-order valence-electron chi connectivity index (χ3n) is 5.53. The maximum Gasteiger partial charge on any atom is 0.272 e. The number of ether oxygens (including phenoxy) is 1. The smallest absolute Gasteiger partial charge is 0.272 e. The minimum absolute atomic E-state index is 0.101. The number of benzene rings is 3. The molecular formula is C26H25FN4O3. The highest BCUT2D eigenvalue weighted by molar-refractivity contribution is 6.04. The molecule has 4 aromatic rings. The van der Waals surface area contributed by atoms with Crippen LogP contribution < -0.4 is 15.4 Å². The molecule has 2 amide bonds. The second-order valence-electron chi connectivity index (χ2n) is 7.85. The number of H-pyrrole nitrogens is 1. The van der Waals surface area contributed by atoms with E-state index >= 15 is 0 Å². The zero-order valence-corrected chi connectivity index (χ0v) is 18.7. The van der Waals surface area contributed by atoms with Crippen LogP contribution in [0.5, 0.6) is 5.75 Å². The van der Waals surface area contributed by atoms with Crippen molar-refractivity contribution in [2.45, 2.75) is 18.9 Å². The van der Waals surface area contributed by atoms with Crippen LogP contribution in [0.2, 0.25) is 0 Å². The summed E-state index contributed by atoms with van der Waals surface area (Å²) in [6.07, 6.45) is 0.591. The molecule has 3 aromatic carbocycles. The molecule has 1 unspecified atom stereocenters. The number of hydrogen-bond donors (Lipinski definition) is 3. The highest BCUT2D eigenvalue weighted by Crippen LogP contribution is 2.22. The zero-order valence-electron chi connectivity index (χ0n) is 18.7. The second-order valence-corrected chi connectivity index (χ2v) is 7.85. The summed E-state index contributed by atoms with van der Waals surface area (Å²) in [6.45, 7) is 0.164. The monoisotopic (exact) mass is 460 g/mol. The number of para-hydroxylation sites is 1. The lowest BCUT2D eigenvalue weighted by molar-refractivity contribution is -0.121. The summed E-state index contributed by atoms with van der Waals surface area (Å²) in [5.74, 6) is -0.156. The molecule has 0 radical (unpaired) electrons. The molecule has 0 saturated heterocycles. The molecule has 3 N–H and O–H groups in total. The van der Waals surface area contributed by atoms with E-state index in [1.54, 1.807) is 19.2 Å². The van der Waals surface area contributed by atoms with Gasteiger partial charge in [0.05, 0.1) is 18.7 Å². The molecule has 1 heterocycles. The van der Waals surface area contributed by atoms with Crippen molar-refractivity contribution in [2.75, 3.05) is 13.7 Å². The standard InChI is InChI=1S/C26H25FN4O3/c1-34-20-12-8-18(9-13-20)23(16-17-6-10-19(27)11-7-17)29-24(32)14-15-28-26(33)25-21-4-2-3-5-22(21)30-31-25/h2-13,23H,14-16H2,1H3,(H,28,33)(H,29,32)(H,30,31). The SMILES string of the molecule is COc1ccc(C(Cc2ccc(F)cc2)NC(=O)CCNC(=O)c2n[nH]c3ccccc23)cc1. The van der Waals surface area contributed by atoms with E-state index in [2.05, 4.69) is 20.8 Å². The molecule has 8 heteroatoms. The first-order chi connectivity index (χ1) is 16.5. The number of nitrogens with zero attached hydrogens (tertiary/aromatic N) is 1. The number of carbonyl (C=O) groups is 2. The molecule has 0 aliphatic heterocycles. The van der Waals surface area contributed by atoms with Crippen LogP contribution in [0.25, 0.3) is 10.9 Å². The summed E-state index contributed by atoms with van der Waals surface area (Å²) in [5.41, 5.74) is 2.85. The van der Waals surface area contributed by atoms with Crippen LogP contribution >= 0.6 is 0 Å². The van der Waals surface area contributed by atoms with E-state index in [1.807, 2.05) is 48.5 Å². The predicted molar refractivity (Wildman–Crippen MR) is 127 cm³/mol. The van der Waals surface area contributed by atoms with Crippen molar-refractivity contribution >= 4 is 22.7 Å². The van der Waals surface area contributed by atoms with Gasteiger partial charge in [-0.05, 0) is 47.9 Å². The van der Waals surface area contributed by atoms with Gasteiger partial charge in [0.1, 0.15) is 11.6 Å². The van der Waals surface area contributed by atoms with Crippen molar-refractivity contribution in [2.24, 2.45) is 0 Å². The number of halogens is 1. The Morgan fingerprint density at radius 3 is 2.50 bits per heavy atom. The third-order valence-corrected chi connectivity index (χ3v) is 5.53. The van der Waals surface area contributed by atoms with E-state index < -0.39 is 0 Å². The Morgan fingerprint density at radius 1 is 1.03 bits per heavy atom. The molecule has 1 aromatic heterocycles. The predicted octanol–water partition coefficient (Wildman–Crippen LogP) is 3.93. The van der Waals surface area contributed by atoms with Gasteiger partial charge >= 0.3 is 0 Å². The third kappa shape index (κ3) is 5.58. The van der Waals surface area contributed by atoms with E-state index in [0.717, 1.165) is 22.0 Å². The molecular weight excluding hydrogens is 435 g/mol. The van der Waals surface area contributed by atoms with E-state index in [1.165, 1.54) is 12.1 Å². The lowest BCUT2D eigenvalue weighted by Crippen LogP contribution is -2.34. The van der Waals surface area contributed by atoms with Gasteiger partial charge in [0, 0.05) is 18.4 Å². The molecule has 0 fully saturated rings. The van der Waals surface area contributed by atoms with Gasteiger partial charge in [-0.15, -0.1) is 0 Å². The van der Waals surface area contributed by atoms with Crippen LogP contribution in [0.15, 0.2) is 72.8 Å². The number of hydrogen-bond acceptors (Lipinski definition) is 4. The van der Waals surface area contributed by atoms with Crippen LogP contribution in [0.3, 0.4) is 0 Å². The number of fused-ring (bicyclic) bond motifs is 1. The fourth-order valence-corrected chi connectivity index (χ4v) is 3.72. The number of rotatable bonds is 9. The molecule has 1 atom stereocenters. The summed E-state index contributed by atoms with van der Waals surface area (Å²) in [7, 11) is 1.59. The van der Waals surface area contributed by atoms with Crippen LogP contribution in [0.4, 0.5) is 4.39 Å². The molecule has 0 spiro atoms. The molecule has 34 heavy (non-hydrogen) atoms. The highest BCUT2D eigenvalue weighted by atomic mass is 19.1. The Bertz CT molecular complexity index is 1270. The van der Waals surface area contributed by atoms with Gasteiger partial charge < -0.3 is 15.4 Å². The molecule has 4 rings (SSSR count). The number of nitrogens with one attached hydrogen (secondary N) is 3. The molecule has 0 saturated carbocycles. The van der Waals surface area contributed by atoms with Gasteiger partial charge in [0.15, 0.2) is 5.69 Å². The first-order valence-corrected chi connectivity index (χ1v) is 10.9. The van der Waals surface area contributed by atoms with E-state index in [4.69, 9.17) is 4.74 Å². The topological polar surface area (TPSA) is 96.1 Å². The Labute approximate surface area is 196 Å². The Balaban J connectivity index is 1.38. The Kier molecular flexibility index (Phi) is 7.17. The zero-order chi connectivity index (χ0) is 23.9. The fraction of sp³-hybridized carbons (Fsp3) is 0.192. The number of aromatic amines is 1. The van der Waals surface area contributed by atoms with Crippen LogP contribution in [-0.2, 0) is 11.2 Å². The maximum atomic E-state index is 13.3. The van der Waals surface area contributed by atoms with E-state index in [-0.39, 0.29) is 36.6 Å². The summed E-state index contributed by atoms with van der Waals surface area (Å²) in [4.78, 5) is 25.2. The highest BCUT2D eigenvalue weighted by Gasteiger charge is 2.17. The quantitative estimate of drug-likeness (QED) is 0.353. The van der Waals surface area contributed by atoms with Crippen LogP contribution in [-0.4, -0.2) is 35.7 Å². The average Bonchev–Trinajstić information content (AvgIpc) is 3.29. The summed E-state index contributed by atoms with van der Waals surface area (Å²) in [5, 5.41) is 13.4. The van der Waals surface area contributed by atoms with Crippen molar-refractivity contribution in [3.05, 3.63) is 95.4 Å². The Hall–Kier alpha value is -4.20. The molecule has 174 valence electrons. The minimum Gasteiger partial charge on any atom is -0.497 e. The second kappa shape index (κ2) is 10.6. The van der Waals surface area contributed by atoms with Crippen molar-refractivity contribution in [1.82, 2.24) is 20.8 Å².